The van der Waals surface area contributed by atoms with Gasteiger partial charge in [0.05, 0.1) is 12.2 Å². The largest absolute Gasteiger partial charge is 0.373 e. The fourth-order valence-corrected chi connectivity index (χ4v) is 0.388. The molecule has 0 bridgehead atoms. The molecule has 0 atom stereocenters. The number of rotatable bonds is 2. The van der Waals surface area contributed by atoms with E-state index in [1.54, 1.807) is 0 Å². The first-order valence-electron chi connectivity index (χ1n) is 3.54. The average molecular weight is 148 g/mol. The van der Waals surface area contributed by atoms with Crippen LogP contribution in [0.2, 0.25) is 0 Å². The van der Waals surface area contributed by atoms with E-state index in [4.69, 9.17) is 4.74 Å². The number of halogens is 1. The molecule has 0 saturated heterocycles. The van der Waals surface area contributed by atoms with Crippen molar-refractivity contribution in [2.24, 2.45) is 0 Å². The second kappa shape index (κ2) is 2.87. The van der Waals surface area contributed by atoms with E-state index in [2.05, 4.69) is 0 Å². The van der Waals surface area contributed by atoms with Crippen LogP contribution in [0, 0.1) is 0 Å². The monoisotopic (exact) mass is 148 g/mol. The van der Waals surface area contributed by atoms with E-state index in [1.165, 1.54) is 13.8 Å². The Balaban J connectivity index is 3.56. The second-order valence-electron chi connectivity index (χ2n) is 4.12. The van der Waals surface area contributed by atoms with Gasteiger partial charge in [-0.3, -0.25) is 0 Å². The number of hydrogen-bond acceptors (Lipinski definition) is 1. The lowest BCUT2D eigenvalue weighted by molar-refractivity contribution is -0.0527. The first kappa shape index (κ1) is 9.89. The molecule has 0 rings (SSSR count). The van der Waals surface area contributed by atoms with Crippen molar-refractivity contribution in [3.8, 4) is 0 Å². The maximum Gasteiger partial charge on any atom is 0.128 e. The Morgan fingerprint density at radius 2 is 1.50 bits per heavy atom. The summed E-state index contributed by atoms with van der Waals surface area (Å²) in [4.78, 5) is 0. The summed E-state index contributed by atoms with van der Waals surface area (Å²) in [6, 6.07) is 0. The van der Waals surface area contributed by atoms with Crippen LogP contribution < -0.4 is 0 Å². The molecule has 0 radical (unpaired) electrons. The Labute approximate surface area is 62.6 Å². The van der Waals surface area contributed by atoms with Crippen molar-refractivity contribution in [3.63, 3.8) is 0 Å². The Morgan fingerprint density at radius 1 is 1.10 bits per heavy atom. The van der Waals surface area contributed by atoms with Crippen molar-refractivity contribution < 1.29 is 9.13 Å². The van der Waals surface area contributed by atoms with Crippen LogP contribution in [-0.2, 0) is 4.74 Å². The van der Waals surface area contributed by atoms with Gasteiger partial charge in [-0.15, -0.1) is 0 Å². The molecule has 2 heteroatoms. The molecule has 0 aliphatic heterocycles. The molecule has 62 valence electrons. The minimum Gasteiger partial charge on any atom is -0.373 e. The van der Waals surface area contributed by atoms with Crippen LogP contribution in [0.15, 0.2) is 0 Å². The third-order valence-corrected chi connectivity index (χ3v) is 0.848. The minimum atomic E-state index is -1.21. The molecular weight excluding hydrogens is 131 g/mol. The Kier molecular flexibility index (Phi) is 2.84. The standard InChI is InChI=1S/C8H17FO/c1-7(2,3)10-6-8(4,5)9/h6H2,1-5H3. The summed E-state index contributed by atoms with van der Waals surface area (Å²) in [7, 11) is 0. The van der Waals surface area contributed by atoms with Crippen LogP contribution in [-0.4, -0.2) is 17.9 Å². The maximum absolute atomic E-state index is 12.8. The van der Waals surface area contributed by atoms with Gasteiger partial charge in [-0.2, -0.15) is 0 Å². The predicted octanol–water partition coefficient (Wildman–Crippen LogP) is 2.55. The predicted molar refractivity (Wildman–Crippen MR) is 40.9 cm³/mol. The fraction of sp³-hybridized carbons (Fsp3) is 1.00. The SMILES string of the molecule is CC(C)(F)COC(C)(C)C. The Bertz CT molecular complexity index is 82.8. The average Bonchev–Trinajstić information content (AvgIpc) is 1.57. The van der Waals surface area contributed by atoms with Crippen molar-refractivity contribution in [1.29, 1.82) is 0 Å². The van der Waals surface area contributed by atoms with Gasteiger partial charge in [0.15, 0.2) is 0 Å². The van der Waals surface area contributed by atoms with E-state index >= 15 is 0 Å². The van der Waals surface area contributed by atoms with E-state index in [0.717, 1.165) is 0 Å². The zero-order valence-electron chi connectivity index (χ0n) is 7.49. The van der Waals surface area contributed by atoms with Gasteiger partial charge >= 0.3 is 0 Å². The lowest BCUT2D eigenvalue weighted by Gasteiger charge is -2.23. The second-order valence-corrected chi connectivity index (χ2v) is 4.12. The molecule has 0 fully saturated rings. The normalized spacial score (nSPS) is 13.8. The van der Waals surface area contributed by atoms with Gasteiger partial charge < -0.3 is 4.74 Å². The zero-order valence-corrected chi connectivity index (χ0v) is 7.49. The lowest BCUT2D eigenvalue weighted by atomic mass is 10.1. The lowest BCUT2D eigenvalue weighted by Crippen LogP contribution is -2.29. The molecule has 0 heterocycles. The van der Waals surface area contributed by atoms with Crippen LogP contribution in [0.5, 0.6) is 0 Å². The summed E-state index contributed by atoms with van der Waals surface area (Å²) in [6.07, 6.45) is 0. The van der Waals surface area contributed by atoms with Crippen molar-refractivity contribution in [3.05, 3.63) is 0 Å². The highest BCUT2D eigenvalue weighted by Gasteiger charge is 2.20. The van der Waals surface area contributed by atoms with Gasteiger partial charge in [-0.1, -0.05) is 0 Å². The topological polar surface area (TPSA) is 9.23 Å². The highest BCUT2D eigenvalue weighted by molar-refractivity contribution is 4.68. The molecule has 0 aromatic carbocycles. The molecule has 0 aromatic heterocycles. The Morgan fingerprint density at radius 3 is 1.60 bits per heavy atom. The summed E-state index contributed by atoms with van der Waals surface area (Å²) in [5, 5.41) is 0. The first-order chi connectivity index (χ1) is 4.21. The minimum absolute atomic E-state index is 0.163. The third kappa shape index (κ3) is 7.89. The maximum atomic E-state index is 12.8. The van der Waals surface area contributed by atoms with Crippen LogP contribution in [0.3, 0.4) is 0 Å². The van der Waals surface area contributed by atoms with Gasteiger partial charge in [0.1, 0.15) is 5.67 Å². The van der Waals surface area contributed by atoms with E-state index in [0.29, 0.717) is 0 Å². The van der Waals surface area contributed by atoms with Crippen molar-refractivity contribution in [2.75, 3.05) is 6.61 Å². The zero-order chi connectivity index (χ0) is 8.41. The van der Waals surface area contributed by atoms with Crippen molar-refractivity contribution in [2.45, 2.75) is 45.9 Å². The van der Waals surface area contributed by atoms with E-state index in [-0.39, 0.29) is 12.2 Å². The Hall–Kier alpha value is -0.110. The van der Waals surface area contributed by atoms with Crippen LogP contribution >= 0.6 is 0 Å². The van der Waals surface area contributed by atoms with Crippen LogP contribution in [0.4, 0.5) is 4.39 Å². The molecule has 10 heavy (non-hydrogen) atoms. The summed E-state index contributed by atoms with van der Waals surface area (Å²) in [6.45, 7) is 8.93. The van der Waals surface area contributed by atoms with E-state index in [1.807, 2.05) is 20.8 Å². The molecule has 0 aliphatic rings. The highest BCUT2D eigenvalue weighted by atomic mass is 19.1. The number of alkyl halides is 1. The third-order valence-electron chi connectivity index (χ3n) is 0.848. The summed E-state index contributed by atoms with van der Waals surface area (Å²) in [5.74, 6) is 0. The smallest absolute Gasteiger partial charge is 0.128 e. The van der Waals surface area contributed by atoms with Crippen LogP contribution in [0.25, 0.3) is 0 Å². The van der Waals surface area contributed by atoms with Gasteiger partial charge in [-0.05, 0) is 34.6 Å². The van der Waals surface area contributed by atoms with Gasteiger partial charge in [0.2, 0.25) is 0 Å². The van der Waals surface area contributed by atoms with Gasteiger partial charge in [0.25, 0.3) is 0 Å². The summed E-state index contributed by atoms with van der Waals surface area (Å²) in [5.41, 5.74) is -1.45. The molecule has 0 amide bonds. The molecule has 0 aromatic rings. The fourth-order valence-electron chi connectivity index (χ4n) is 0.388. The molecule has 0 aliphatic carbocycles. The quantitative estimate of drug-likeness (QED) is 0.584. The van der Waals surface area contributed by atoms with Gasteiger partial charge in [-0.25, -0.2) is 4.39 Å². The van der Waals surface area contributed by atoms with Crippen molar-refractivity contribution in [1.82, 2.24) is 0 Å². The number of ether oxygens (including phenoxy) is 1. The molecule has 0 saturated carbocycles. The van der Waals surface area contributed by atoms with E-state index in [9.17, 15) is 4.39 Å². The first-order valence-corrected chi connectivity index (χ1v) is 3.54. The molecular formula is C8H17FO. The highest BCUT2D eigenvalue weighted by Crippen LogP contribution is 2.14. The molecule has 0 spiro atoms. The number of hydrogen-bond donors (Lipinski definition) is 0. The summed E-state index contributed by atoms with van der Waals surface area (Å²) >= 11 is 0. The molecule has 1 nitrogen and oxygen atoms in total. The molecule has 0 N–H and O–H groups in total. The van der Waals surface area contributed by atoms with E-state index < -0.39 is 5.67 Å². The molecule has 0 unspecified atom stereocenters. The van der Waals surface area contributed by atoms with Crippen molar-refractivity contribution >= 4 is 0 Å². The van der Waals surface area contributed by atoms with Gasteiger partial charge in [0, 0.05) is 0 Å². The van der Waals surface area contributed by atoms with Crippen LogP contribution in [0.1, 0.15) is 34.6 Å². The summed E-state index contributed by atoms with van der Waals surface area (Å²) < 4.78 is 18.0.